The summed E-state index contributed by atoms with van der Waals surface area (Å²) in [6.45, 7) is 3.80. The fraction of sp³-hybridized carbons (Fsp3) is 0.538. The minimum atomic E-state index is 0.302. The molecule has 1 aliphatic heterocycles. The van der Waals surface area contributed by atoms with Crippen molar-refractivity contribution in [3.05, 3.63) is 10.9 Å². The molecule has 1 saturated heterocycles. The van der Waals surface area contributed by atoms with Crippen molar-refractivity contribution in [2.24, 2.45) is 0 Å². The Labute approximate surface area is 116 Å². The van der Waals surface area contributed by atoms with Crippen molar-refractivity contribution >= 4 is 33.3 Å². The van der Waals surface area contributed by atoms with Crippen LogP contribution in [0.1, 0.15) is 17.7 Å². The van der Waals surface area contributed by atoms with Crippen LogP contribution in [0, 0.1) is 6.92 Å². The topological polar surface area (TPSA) is 64.3 Å². The smallest absolute Gasteiger partial charge is 0.223 e. The average molecular weight is 278 g/mol. The second-order valence-electron chi connectivity index (χ2n) is 5.00. The van der Waals surface area contributed by atoms with Gasteiger partial charge in [-0.2, -0.15) is 4.98 Å². The molecule has 2 N–H and O–H groups in total. The van der Waals surface area contributed by atoms with Gasteiger partial charge in [-0.05, 0) is 25.8 Å². The molecular formula is C13H18N4OS. The molecule has 0 aromatic carbocycles. The first kappa shape index (κ1) is 12.6. The van der Waals surface area contributed by atoms with Crippen molar-refractivity contribution in [3.63, 3.8) is 0 Å². The SMILES string of the molecule is Cc1cc2c(N(C)CC3CCCO3)nc(N)nc2s1. The molecule has 5 nitrogen and oxygen atoms in total. The van der Waals surface area contributed by atoms with E-state index in [0.29, 0.717) is 12.1 Å². The fourth-order valence-corrected chi connectivity index (χ4v) is 3.40. The predicted octanol–water partition coefficient (Wildman–Crippen LogP) is 2.20. The van der Waals surface area contributed by atoms with E-state index in [1.807, 2.05) is 7.05 Å². The fourth-order valence-electron chi connectivity index (χ4n) is 2.51. The van der Waals surface area contributed by atoms with E-state index in [2.05, 4.69) is 27.9 Å². The molecule has 1 unspecified atom stereocenters. The van der Waals surface area contributed by atoms with Crippen molar-refractivity contribution in [1.29, 1.82) is 0 Å². The Morgan fingerprint density at radius 3 is 3.11 bits per heavy atom. The summed E-state index contributed by atoms with van der Waals surface area (Å²) in [5.41, 5.74) is 5.81. The molecule has 2 aromatic heterocycles. The molecule has 3 rings (SSSR count). The van der Waals surface area contributed by atoms with Crippen molar-refractivity contribution in [1.82, 2.24) is 9.97 Å². The highest BCUT2D eigenvalue weighted by Crippen LogP contribution is 2.31. The van der Waals surface area contributed by atoms with E-state index in [1.54, 1.807) is 11.3 Å². The van der Waals surface area contributed by atoms with Gasteiger partial charge >= 0.3 is 0 Å². The first-order valence-electron chi connectivity index (χ1n) is 6.50. The number of aromatic nitrogens is 2. The van der Waals surface area contributed by atoms with Crippen LogP contribution in [0.15, 0.2) is 6.07 Å². The molecule has 0 radical (unpaired) electrons. The van der Waals surface area contributed by atoms with Crippen molar-refractivity contribution in [3.8, 4) is 0 Å². The van der Waals surface area contributed by atoms with Crippen molar-refractivity contribution in [2.45, 2.75) is 25.9 Å². The maximum Gasteiger partial charge on any atom is 0.223 e. The van der Waals surface area contributed by atoms with Crippen molar-refractivity contribution in [2.75, 3.05) is 30.8 Å². The van der Waals surface area contributed by atoms with E-state index in [0.717, 1.165) is 42.0 Å². The summed E-state index contributed by atoms with van der Waals surface area (Å²) in [5, 5.41) is 1.08. The summed E-state index contributed by atoms with van der Waals surface area (Å²) in [4.78, 5) is 13.0. The third-order valence-electron chi connectivity index (χ3n) is 3.38. The normalized spacial score (nSPS) is 19.2. The van der Waals surface area contributed by atoms with Gasteiger partial charge in [0, 0.05) is 25.1 Å². The molecule has 1 aliphatic rings. The molecule has 2 aromatic rings. The number of hydrogen-bond acceptors (Lipinski definition) is 6. The van der Waals surface area contributed by atoms with E-state index in [4.69, 9.17) is 10.5 Å². The van der Waals surface area contributed by atoms with Gasteiger partial charge in [-0.25, -0.2) is 4.98 Å². The minimum Gasteiger partial charge on any atom is -0.376 e. The number of anilines is 2. The lowest BCUT2D eigenvalue weighted by atomic mass is 10.2. The van der Waals surface area contributed by atoms with E-state index in [1.165, 1.54) is 4.88 Å². The third kappa shape index (κ3) is 2.50. The van der Waals surface area contributed by atoms with Crippen LogP contribution < -0.4 is 10.6 Å². The van der Waals surface area contributed by atoms with Gasteiger partial charge in [-0.1, -0.05) is 0 Å². The molecule has 0 spiro atoms. The van der Waals surface area contributed by atoms with Crippen molar-refractivity contribution < 1.29 is 4.74 Å². The second kappa shape index (κ2) is 4.94. The highest BCUT2D eigenvalue weighted by molar-refractivity contribution is 7.18. The molecule has 3 heterocycles. The van der Waals surface area contributed by atoms with Crippen LogP contribution in [0.5, 0.6) is 0 Å². The maximum atomic E-state index is 5.81. The zero-order valence-electron chi connectivity index (χ0n) is 11.2. The van der Waals surface area contributed by atoms with Gasteiger partial charge in [0.1, 0.15) is 10.6 Å². The number of rotatable bonds is 3. The number of nitrogens with zero attached hydrogens (tertiary/aromatic N) is 3. The molecule has 0 aliphatic carbocycles. The summed E-state index contributed by atoms with van der Waals surface area (Å²) in [7, 11) is 2.04. The number of thiophene rings is 1. The summed E-state index contributed by atoms with van der Waals surface area (Å²) >= 11 is 1.65. The van der Waals surface area contributed by atoms with Crippen LogP contribution in [-0.4, -0.2) is 36.3 Å². The first-order chi connectivity index (χ1) is 9.13. The van der Waals surface area contributed by atoms with Gasteiger partial charge in [-0.15, -0.1) is 11.3 Å². The maximum absolute atomic E-state index is 5.81. The molecule has 0 amide bonds. The van der Waals surface area contributed by atoms with E-state index >= 15 is 0 Å². The predicted molar refractivity (Wildman–Crippen MR) is 78.8 cm³/mol. The lowest BCUT2D eigenvalue weighted by Gasteiger charge is -2.22. The molecule has 0 bridgehead atoms. The third-order valence-corrected chi connectivity index (χ3v) is 4.32. The molecule has 1 atom stereocenters. The number of aryl methyl sites for hydroxylation is 1. The number of likely N-dealkylation sites (N-methyl/N-ethyl adjacent to an activating group) is 1. The van der Waals surface area contributed by atoms with Crippen LogP contribution in [0.4, 0.5) is 11.8 Å². The minimum absolute atomic E-state index is 0.302. The zero-order valence-corrected chi connectivity index (χ0v) is 12.0. The van der Waals surface area contributed by atoms with Crippen LogP contribution in [0.2, 0.25) is 0 Å². The standard InChI is InChI=1S/C13H18N4OS/c1-8-6-10-11(15-13(14)16-12(10)19-8)17(2)7-9-4-3-5-18-9/h6,9H,3-5,7H2,1-2H3,(H2,14,15,16). The monoisotopic (exact) mass is 278 g/mol. The Balaban J connectivity index is 1.93. The van der Waals surface area contributed by atoms with Crippen LogP contribution in [0.25, 0.3) is 10.2 Å². The molecule has 1 fully saturated rings. The highest BCUT2D eigenvalue weighted by atomic mass is 32.1. The van der Waals surface area contributed by atoms with E-state index < -0.39 is 0 Å². The van der Waals surface area contributed by atoms with Gasteiger partial charge in [0.25, 0.3) is 0 Å². The zero-order chi connectivity index (χ0) is 13.4. The Bertz CT molecular complexity index is 592. The largest absolute Gasteiger partial charge is 0.376 e. The van der Waals surface area contributed by atoms with Gasteiger partial charge < -0.3 is 15.4 Å². The highest BCUT2D eigenvalue weighted by Gasteiger charge is 2.20. The summed E-state index contributed by atoms with van der Waals surface area (Å²) in [5.74, 6) is 1.24. The number of fused-ring (bicyclic) bond motifs is 1. The summed E-state index contributed by atoms with van der Waals surface area (Å²) < 4.78 is 5.68. The van der Waals surface area contributed by atoms with Gasteiger partial charge in [0.2, 0.25) is 5.95 Å². The van der Waals surface area contributed by atoms with E-state index in [-0.39, 0.29) is 0 Å². The number of ether oxygens (including phenoxy) is 1. The Morgan fingerprint density at radius 2 is 2.37 bits per heavy atom. The Kier molecular flexibility index (Phi) is 3.28. The average Bonchev–Trinajstić information content (AvgIpc) is 2.96. The Hall–Kier alpha value is -1.40. The lowest BCUT2D eigenvalue weighted by molar-refractivity contribution is 0.116. The van der Waals surface area contributed by atoms with E-state index in [9.17, 15) is 0 Å². The summed E-state index contributed by atoms with van der Waals surface area (Å²) in [6, 6.07) is 2.13. The van der Waals surface area contributed by atoms with Gasteiger partial charge in [0.15, 0.2) is 0 Å². The molecule has 6 heteroatoms. The summed E-state index contributed by atoms with van der Waals surface area (Å²) in [6.07, 6.45) is 2.57. The Morgan fingerprint density at radius 1 is 1.53 bits per heavy atom. The molecule has 19 heavy (non-hydrogen) atoms. The quantitative estimate of drug-likeness (QED) is 0.932. The lowest BCUT2D eigenvalue weighted by Crippen LogP contribution is -2.29. The second-order valence-corrected chi connectivity index (χ2v) is 6.23. The number of nitrogen functional groups attached to an aromatic ring is 1. The first-order valence-corrected chi connectivity index (χ1v) is 7.31. The molecule has 0 saturated carbocycles. The van der Waals surface area contributed by atoms with Gasteiger partial charge in [-0.3, -0.25) is 0 Å². The van der Waals surface area contributed by atoms with Crippen LogP contribution in [-0.2, 0) is 4.74 Å². The molecular weight excluding hydrogens is 260 g/mol. The van der Waals surface area contributed by atoms with Crippen LogP contribution >= 0.6 is 11.3 Å². The number of hydrogen-bond donors (Lipinski definition) is 1. The van der Waals surface area contributed by atoms with Crippen LogP contribution in [0.3, 0.4) is 0 Å². The molecule has 102 valence electrons. The van der Waals surface area contributed by atoms with Gasteiger partial charge in [0.05, 0.1) is 11.5 Å². The number of nitrogens with two attached hydrogens (primary N) is 1.